The van der Waals surface area contributed by atoms with E-state index in [4.69, 9.17) is 4.42 Å². The molecule has 3 aromatic rings. The molecule has 0 spiro atoms. The summed E-state index contributed by atoms with van der Waals surface area (Å²) >= 11 is 0. The average Bonchev–Trinajstić information content (AvgIpc) is 2.55. The molecule has 1 aromatic heterocycles. The number of fused-ring (bicyclic) bond motifs is 1. The second kappa shape index (κ2) is 6.93. The molecule has 0 bridgehead atoms. The summed E-state index contributed by atoms with van der Waals surface area (Å²) < 4.78 is 77.5. The lowest BCUT2D eigenvalue weighted by atomic mass is 10.1. The van der Waals surface area contributed by atoms with Crippen LogP contribution >= 0.6 is 0 Å². The molecule has 0 radical (unpaired) electrons. The molecule has 0 fully saturated rings. The van der Waals surface area contributed by atoms with Gasteiger partial charge in [-0.2, -0.15) is 0 Å². The van der Waals surface area contributed by atoms with Crippen molar-refractivity contribution in [1.29, 1.82) is 0 Å². The summed E-state index contributed by atoms with van der Waals surface area (Å²) in [7, 11) is -10.2. The second-order valence-corrected chi connectivity index (χ2v) is 7.40. The van der Waals surface area contributed by atoms with Gasteiger partial charge in [-0.3, -0.25) is 4.79 Å². The van der Waals surface area contributed by atoms with Crippen LogP contribution in [0.4, 0.5) is 0 Å². The maximum atomic E-state index is 12.4. The topological polar surface area (TPSA) is 204 Å². The van der Waals surface area contributed by atoms with Crippen LogP contribution in [0.1, 0.15) is 0 Å². The summed E-state index contributed by atoms with van der Waals surface area (Å²) in [6.07, 6.45) is 0. The molecule has 2 aromatic carbocycles. The van der Waals surface area contributed by atoms with Gasteiger partial charge in [0.25, 0.3) is 20.8 Å². The van der Waals surface area contributed by atoms with E-state index in [1.165, 1.54) is 0 Å². The Morgan fingerprint density at radius 2 is 1.41 bits per heavy atom. The molecule has 0 saturated carbocycles. The summed E-state index contributed by atoms with van der Waals surface area (Å²) in [5, 5.41) is 19.5. The Balaban J connectivity index is 2.16. The highest BCUT2D eigenvalue weighted by Gasteiger charge is 2.19. The smallest absolute Gasteiger partial charge is 0.262 e. The number of phenolic OH excluding ortho intramolecular Hbond substituents is 1. The highest BCUT2D eigenvalue weighted by Crippen LogP contribution is 2.36. The van der Waals surface area contributed by atoms with Crippen LogP contribution in [-0.2, 0) is 20.8 Å². The van der Waals surface area contributed by atoms with Crippen molar-refractivity contribution in [3.8, 4) is 34.3 Å². The predicted molar refractivity (Wildman–Crippen MR) is 91.9 cm³/mol. The summed E-state index contributed by atoms with van der Waals surface area (Å²) in [5.74, 6) is -3.18. The van der Waals surface area contributed by atoms with Gasteiger partial charge in [-0.15, -0.1) is 0 Å². The van der Waals surface area contributed by atoms with Gasteiger partial charge in [-0.25, -0.2) is 16.8 Å². The number of hydrogen-bond acceptors (Lipinski definition) is 12. The Morgan fingerprint density at radius 1 is 0.862 bits per heavy atom. The number of phenols is 1. The minimum Gasteiger partial charge on any atom is -0.716 e. The number of rotatable bonds is 5. The lowest BCUT2D eigenvalue weighted by Gasteiger charge is -2.12. The van der Waals surface area contributed by atoms with Crippen LogP contribution < -0.4 is 13.8 Å². The summed E-state index contributed by atoms with van der Waals surface area (Å²) in [6.45, 7) is 0. The summed E-state index contributed by atoms with van der Waals surface area (Å²) in [5.41, 5.74) is -1.49. The lowest BCUT2D eigenvalue weighted by Crippen LogP contribution is -2.08. The highest BCUT2D eigenvalue weighted by molar-refractivity contribution is 7.81. The molecule has 0 aliphatic carbocycles. The highest BCUT2D eigenvalue weighted by atomic mass is 32.3. The van der Waals surface area contributed by atoms with Gasteiger partial charge >= 0.3 is 0 Å². The van der Waals surface area contributed by atoms with Crippen LogP contribution in [0.25, 0.3) is 22.3 Å². The Kier molecular flexibility index (Phi) is 4.87. The van der Waals surface area contributed by atoms with Crippen LogP contribution in [0.5, 0.6) is 23.0 Å². The first-order valence-corrected chi connectivity index (χ1v) is 9.94. The quantitative estimate of drug-likeness (QED) is 0.409. The molecule has 3 rings (SSSR count). The molecule has 0 atom stereocenters. The van der Waals surface area contributed by atoms with E-state index in [0.29, 0.717) is 6.07 Å². The molecule has 0 saturated heterocycles. The summed E-state index contributed by atoms with van der Waals surface area (Å²) in [4.78, 5) is 12.4. The van der Waals surface area contributed by atoms with Gasteiger partial charge < -0.3 is 32.1 Å². The molecule has 154 valence electrons. The zero-order valence-electron chi connectivity index (χ0n) is 13.8. The van der Waals surface area contributed by atoms with E-state index in [9.17, 15) is 40.9 Å². The van der Waals surface area contributed by atoms with Gasteiger partial charge in [0.1, 0.15) is 28.2 Å². The standard InChI is InChI=1S/C15H10O12S2/c16-10-5-9(27-29(22,23)24)6-11-12(10)13(17)14(18)15(25-11)7-1-3-8(4-2-7)26-28(19,20)21/h1-6,16,18H,(H,19,20,21)(H,22,23,24)/p-2. The Bertz CT molecular complexity index is 1370. The van der Waals surface area contributed by atoms with Crippen molar-refractivity contribution in [3.05, 3.63) is 46.6 Å². The molecular formula is C15H8O12S2-2. The van der Waals surface area contributed by atoms with Crippen LogP contribution in [0, 0.1) is 0 Å². The van der Waals surface area contributed by atoms with E-state index in [1.54, 1.807) is 0 Å². The Labute approximate surface area is 162 Å². The van der Waals surface area contributed by atoms with Gasteiger partial charge in [0, 0.05) is 17.7 Å². The second-order valence-electron chi connectivity index (χ2n) is 5.43. The zero-order valence-corrected chi connectivity index (χ0v) is 15.4. The van der Waals surface area contributed by atoms with E-state index in [1.807, 2.05) is 0 Å². The summed E-state index contributed by atoms with van der Waals surface area (Å²) in [6, 6.07) is 5.86. The van der Waals surface area contributed by atoms with Crippen molar-refractivity contribution in [2.45, 2.75) is 0 Å². The van der Waals surface area contributed by atoms with Gasteiger partial charge in [-0.1, -0.05) is 0 Å². The minimum absolute atomic E-state index is 0.0272. The molecule has 0 aliphatic rings. The SMILES string of the molecule is O=c1c(O)c(-c2ccc(OS(=O)(=O)[O-])cc2)oc2cc(OS(=O)(=O)[O-])cc(O)c12. The first-order chi connectivity index (χ1) is 13.3. The minimum atomic E-state index is -5.18. The molecule has 0 amide bonds. The molecule has 2 N–H and O–H groups in total. The van der Waals surface area contributed by atoms with Crippen molar-refractivity contribution < 1.29 is 48.9 Å². The fraction of sp³-hybridized carbons (Fsp3) is 0. The largest absolute Gasteiger partial charge is 0.716 e. The number of aromatic hydroxyl groups is 2. The van der Waals surface area contributed by atoms with E-state index in [-0.39, 0.29) is 11.3 Å². The van der Waals surface area contributed by atoms with Crippen molar-refractivity contribution in [1.82, 2.24) is 0 Å². The molecule has 29 heavy (non-hydrogen) atoms. The fourth-order valence-electron chi connectivity index (χ4n) is 2.41. The molecular weight excluding hydrogens is 436 g/mol. The lowest BCUT2D eigenvalue weighted by molar-refractivity contribution is 0.369. The molecule has 14 heteroatoms. The van der Waals surface area contributed by atoms with Crippen LogP contribution in [-0.4, -0.2) is 36.2 Å². The molecule has 0 aliphatic heterocycles. The first kappa shape index (κ1) is 20.4. The Hall–Kier alpha value is -3.33. The monoisotopic (exact) mass is 444 g/mol. The molecule has 12 nitrogen and oxygen atoms in total. The maximum Gasteiger partial charge on any atom is 0.262 e. The van der Waals surface area contributed by atoms with Crippen molar-refractivity contribution in [2.75, 3.05) is 0 Å². The third-order valence-corrected chi connectivity index (χ3v) is 4.23. The fourth-order valence-corrected chi connectivity index (χ4v) is 3.08. The van der Waals surface area contributed by atoms with Crippen molar-refractivity contribution in [2.24, 2.45) is 0 Å². The van der Waals surface area contributed by atoms with E-state index in [2.05, 4.69) is 8.37 Å². The first-order valence-electron chi connectivity index (χ1n) is 7.28. The third-order valence-electron chi connectivity index (χ3n) is 3.44. The van der Waals surface area contributed by atoms with Crippen molar-refractivity contribution >= 4 is 31.8 Å². The molecule has 0 unspecified atom stereocenters. The van der Waals surface area contributed by atoms with Gasteiger partial charge in [0.15, 0.2) is 5.76 Å². The maximum absolute atomic E-state index is 12.4. The van der Waals surface area contributed by atoms with Gasteiger partial charge in [0.2, 0.25) is 11.2 Å². The number of benzene rings is 2. The van der Waals surface area contributed by atoms with E-state index < -0.39 is 60.2 Å². The third kappa shape index (κ3) is 4.57. The van der Waals surface area contributed by atoms with Crippen molar-refractivity contribution in [3.63, 3.8) is 0 Å². The average molecular weight is 444 g/mol. The van der Waals surface area contributed by atoms with Gasteiger partial charge in [-0.05, 0) is 24.3 Å². The van der Waals surface area contributed by atoms with Crippen LogP contribution in [0.2, 0.25) is 0 Å². The zero-order chi connectivity index (χ0) is 21.6. The van der Waals surface area contributed by atoms with E-state index >= 15 is 0 Å². The Morgan fingerprint density at radius 3 is 1.97 bits per heavy atom. The van der Waals surface area contributed by atoms with Crippen LogP contribution in [0.3, 0.4) is 0 Å². The van der Waals surface area contributed by atoms with Crippen LogP contribution in [0.15, 0.2) is 45.6 Å². The predicted octanol–water partition coefficient (Wildman–Crippen LogP) is 0.549. The van der Waals surface area contributed by atoms with Gasteiger partial charge in [0.05, 0.1) is 0 Å². The molecule has 1 heterocycles. The number of hydrogen-bond donors (Lipinski definition) is 2. The normalized spacial score (nSPS) is 12.1. The van der Waals surface area contributed by atoms with E-state index in [0.717, 1.165) is 30.3 Å².